The molecule has 0 aliphatic carbocycles. The fourth-order valence-corrected chi connectivity index (χ4v) is 2.14. The lowest BCUT2D eigenvalue weighted by molar-refractivity contribution is -0.122. The number of ether oxygens (including phenoxy) is 2. The van der Waals surface area contributed by atoms with E-state index in [0.717, 1.165) is 5.56 Å². The molecule has 0 radical (unpaired) electrons. The van der Waals surface area contributed by atoms with E-state index in [1.165, 1.54) is 0 Å². The molecule has 4 nitrogen and oxygen atoms in total. The van der Waals surface area contributed by atoms with E-state index in [4.69, 9.17) is 21.1 Å². The molecule has 0 spiro atoms. The van der Waals surface area contributed by atoms with Crippen molar-refractivity contribution in [2.75, 3.05) is 11.9 Å². The predicted molar refractivity (Wildman–Crippen MR) is 92.5 cm³/mol. The first kappa shape index (κ1) is 17.2. The van der Waals surface area contributed by atoms with Crippen molar-refractivity contribution in [2.45, 2.75) is 26.9 Å². The zero-order chi connectivity index (χ0) is 16.8. The van der Waals surface area contributed by atoms with Crippen molar-refractivity contribution in [1.82, 2.24) is 0 Å². The molecular weight excluding hydrogens is 314 g/mol. The van der Waals surface area contributed by atoms with Crippen LogP contribution in [0, 0.1) is 6.92 Å². The van der Waals surface area contributed by atoms with E-state index in [1.54, 1.807) is 31.2 Å². The number of hydrogen-bond donors (Lipinski definition) is 1. The van der Waals surface area contributed by atoms with Crippen LogP contribution in [0.5, 0.6) is 11.5 Å². The molecule has 1 atom stereocenters. The second-order valence-corrected chi connectivity index (χ2v) is 5.53. The second-order valence-electron chi connectivity index (χ2n) is 5.12. The third kappa shape index (κ3) is 4.89. The van der Waals surface area contributed by atoms with Crippen LogP contribution in [0.4, 0.5) is 5.69 Å². The van der Waals surface area contributed by atoms with E-state index in [9.17, 15) is 4.79 Å². The highest BCUT2D eigenvalue weighted by atomic mass is 35.5. The highest BCUT2D eigenvalue weighted by Crippen LogP contribution is 2.22. The van der Waals surface area contributed by atoms with E-state index in [2.05, 4.69) is 5.32 Å². The number of anilines is 1. The third-order valence-corrected chi connectivity index (χ3v) is 3.65. The first-order chi connectivity index (χ1) is 11.0. The van der Waals surface area contributed by atoms with Gasteiger partial charge in [-0.25, -0.2) is 0 Å². The van der Waals surface area contributed by atoms with Crippen molar-refractivity contribution < 1.29 is 14.3 Å². The average molecular weight is 334 g/mol. The van der Waals surface area contributed by atoms with Gasteiger partial charge in [-0.1, -0.05) is 17.7 Å². The molecule has 23 heavy (non-hydrogen) atoms. The van der Waals surface area contributed by atoms with Gasteiger partial charge in [0, 0.05) is 16.8 Å². The van der Waals surface area contributed by atoms with Crippen molar-refractivity contribution in [3.8, 4) is 11.5 Å². The van der Waals surface area contributed by atoms with Gasteiger partial charge in [0.25, 0.3) is 5.91 Å². The molecule has 0 bridgehead atoms. The molecule has 0 fully saturated rings. The molecule has 2 aromatic carbocycles. The lowest BCUT2D eigenvalue weighted by atomic mass is 10.2. The van der Waals surface area contributed by atoms with Crippen LogP contribution in [-0.4, -0.2) is 18.6 Å². The molecule has 2 aromatic rings. The smallest absolute Gasteiger partial charge is 0.265 e. The zero-order valence-corrected chi connectivity index (χ0v) is 14.2. The van der Waals surface area contributed by atoms with Gasteiger partial charge < -0.3 is 14.8 Å². The van der Waals surface area contributed by atoms with Gasteiger partial charge in [-0.15, -0.1) is 0 Å². The Balaban J connectivity index is 1.99. The van der Waals surface area contributed by atoms with Crippen molar-refractivity contribution >= 4 is 23.2 Å². The molecule has 0 unspecified atom stereocenters. The number of carbonyl (C=O) groups is 1. The lowest BCUT2D eigenvalue weighted by Gasteiger charge is -2.15. The fraction of sp³-hybridized carbons (Fsp3) is 0.278. The molecule has 0 saturated carbocycles. The fourth-order valence-electron chi connectivity index (χ4n) is 2.02. The molecule has 2 rings (SSSR count). The summed E-state index contributed by atoms with van der Waals surface area (Å²) in [5.74, 6) is 1.09. The van der Waals surface area contributed by atoms with Gasteiger partial charge in [0.15, 0.2) is 6.10 Å². The summed E-state index contributed by atoms with van der Waals surface area (Å²) in [7, 11) is 0. The largest absolute Gasteiger partial charge is 0.494 e. The van der Waals surface area contributed by atoms with Crippen molar-refractivity contribution in [3.05, 3.63) is 53.1 Å². The van der Waals surface area contributed by atoms with Gasteiger partial charge in [0.05, 0.1) is 6.61 Å². The SMILES string of the molecule is CCOc1cccc(NC(=O)[C@H](C)Oc2ccc(Cl)c(C)c2)c1. The van der Waals surface area contributed by atoms with Crippen LogP contribution in [-0.2, 0) is 4.79 Å². The highest BCUT2D eigenvalue weighted by Gasteiger charge is 2.15. The van der Waals surface area contributed by atoms with Crippen LogP contribution in [0.15, 0.2) is 42.5 Å². The van der Waals surface area contributed by atoms with E-state index in [-0.39, 0.29) is 5.91 Å². The maximum atomic E-state index is 12.2. The topological polar surface area (TPSA) is 47.6 Å². The summed E-state index contributed by atoms with van der Waals surface area (Å²) >= 11 is 5.98. The minimum absolute atomic E-state index is 0.230. The molecule has 0 aromatic heterocycles. The van der Waals surface area contributed by atoms with Crippen molar-refractivity contribution in [3.63, 3.8) is 0 Å². The molecule has 1 amide bonds. The summed E-state index contributed by atoms with van der Waals surface area (Å²) in [6.07, 6.45) is -0.633. The Morgan fingerprint density at radius 3 is 2.70 bits per heavy atom. The van der Waals surface area contributed by atoms with Crippen LogP contribution in [0.25, 0.3) is 0 Å². The summed E-state index contributed by atoms with van der Waals surface area (Å²) in [5, 5.41) is 3.49. The lowest BCUT2D eigenvalue weighted by Crippen LogP contribution is -2.30. The molecule has 0 saturated heterocycles. The van der Waals surface area contributed by atoms with Gasteiger partial charge in [0.2, 0.25) is 0 Å². The van der Waals surface area contributed by atoms with Gasteiger partial charge in [0.1, 0.15) is 11.5 Å². The number of nitrogens with one attached hydrogen (secondary N) is 1. The van der Waals surface area contributed by atoms with Crippen molar-refractivity contribution in [2.24, 2.45) is 0 Å². The van der Waals surface area contributed by atoms with Gasteiger partial charge >= 0.3 is 0 Å². The standard InChI is InChI=1S/C18H20ClNO3/c1-4-22-15-7-5-6-14(11-15)20-18(21)13(3)23-16-8-9-17(19)12(2)10-16/h5-11,13H,4H2,1-3H3,(H,20,21)/t13-/m0/s1. The van der Waals surface area contributed by atoms with Crippen LogP contribution in [0.3, 0.4) is 0 Å². The monoisotopic (exact) mass is 333 g/mol. The summed E-state index contributed by atoms with van der Waals surface area (Å²) in [4.78, 5) is 12.2. The normalized spacial score (nSPS) is 11.7. The van der Waals surface area contributed by atoms with Gasteiger partial charge in [-0.2, -0.15) is 0 Å². The zero-order valence-electron chi connectivity index (χ0n) is 13.4. The molecule has 1 N–H and O–H groups in total. The summed E-state index contributed by atoms with van der Waals surface area (Å²) in [6.45, 7) is 6.08. The molecule has 122 valence electrons. The number of carbonyl (C=O) groups excluding carboxylic acids is 1. The molecule has 0 heterocycles. The number of benzene rings is 2. The Kier molecular flexibility index (Phi) is 5.88. The first-order valence-corrected chi connectivity index (χ1v) is 7.84. The highest BCUT2D eigenvalue weighted by molar-refractivity contribution is 6.31. The molecular formula is C18H20ClNO3. The summed E-state index contributed by atoms with van der Waals surface area (Å²) < 4.78 is 11.1. The van der Waals surface area contributed by atoms with Crippen LogP contribution < -0.4 is 14.8 Å². The van der Waals surface area contributed by atoms with Crippen LogP contribution in [0.2, 0.25) is 5.02 Å². The maximum absolute atomic E-state index is 12.2. The minimum Gasteiger partial charge on any atom is -0.494 e. The number of amides is 1. The van der Waals surface area contributed by atoms with E-state index < -0.39 is 6.10 Å². The maximum Gasteiger partial charge on any atom is 0.265 e. The van der Waals surface area contributed by atoms with Gasteiger partial charge in [-0.05, 0) is 56.7 Å². The molecule has 0 aliphatic rings. The predicted octanol–water partition coefficient (Wildman–Crippen LogP) is 4.45. The number of aryl methyl sites for hydroxylation is 1. The number of halogens is 1. The Morgan fingerprint density at radius 2 is 2.00 bits per heavy atom. The average Bonchev–Trinajstić information content (AvgIpc) is 2.51. The van der Waals surface area contributed by atoms with Crippen LogP contribution >= 0.6 is 11.6 Å². The molecule has 0 aliphatic heterocycles. The Morgan fingerprint density at radius 1 is 1.22 bits per heavy atom. The Labute approximate surface area is 141 Å². The Bertz CT molecular complexity index is 688. The third-order valence-electron chi connectivity index (χ3n) is 3.22. The van der Waals surface area contributed by atoms with Gasteiger partial charge in [-0.3, -0.25) is 4.79 Å². The van der Waals surface area contributed by atoms with E-state index >= 15 is 0 Å². The summed E-state index contributed by atoms with van der Waals surface area (Å²) in [6, 6.07) is 12.6. The summed E-state index contributed by atoms with van der Waals surface area (Å²) in [5.41, 5.74) is 1.57. The van der Waals surface area contributed by atoms with E-state index in [0.29, 0.717) is 28.8 Å². The minimum atomic E-state index is -0.633. The number of hydrogen-bond acceptors (Lipinski definition) is 3. The van der Waals surface area contributed by atoms with Crippen molar-refractivity contribution in [1.29, 1.82) is 0 Å². The second kappa shape index (κ2) is 7.88. The van der Waals surface area contributed by atoms with E-state index in [1.807, 2.05) is 32.0 Å². The Hall–Kier alpha value is -2.20. The molecule has 5 heteroatoms. The quantitative estimate of drug-likeness (QED) is 0.849. The first-order valence-electron chi connectivity index (χ1n) is 7.46. The van der Waals surface area contributed by atoms with Crippen LogP contribution in [0.1, 0.15) is 19.4 Å². The number of rotatable bonds is 6.